The molecule has 1 saturated heterocycles. The van der Waals surface area contributed by atoms with Gasteiger partial charge in [-0.2, -0.15) is 0 Å². The first-order valence-electron chi connectivity index (χ1n) is 7.90. The normalized spacial score (nSPS) is 30.4. The molecule has 1 aliphatic carbocycles. The van der Waals surface area contributed by atoms with Crippen LogP contribution in [-0.4, -0.2) is 23.4 Å². The Morgan fingerprint density at radius 2 is 1.90 bits per heavy atom. The van der Waals surface area contributed by atoms with E-state index in [0.717, 1.165) is 24.2 Å². The van der Waals surface area contributed by atoms with Gasteiger partial charge in [-0.05, 0) is 47.8 Å². The number of nitrogen functional groups attached to an aromatic ring is 1. The maximum absolute atomic E-state index is 12.7. The minimum Gasteiger partial charge on any atom is -0.399 e. The molecule has 114 valence electrons. The number of nitrogens with two attached hydrogens (primary N) is 1. The quantitative estimate of drug-likeness (QED) is 0.848. The van der Waals surface area contributed by atoms with Gasteiger partial charge in [0.25, 0.3) is 0 Å². The van der Waals surface area contributed by atoms with Crippen LogP contribution in [0.3, 0.4) is 0 Å². The molecular formula is C18H26N2O. The Labute approximate surface area is 127 Å². The summed E-state index contributed by atoms with van der Waals surface area (Å²) >= 11 is 0. The monoisotopic (exact) mass is 286 g/mol. The van der Waals surface area contributed by atoms with E-state index in [1.54, 1.807) is 0 Å². The molecule has 2 unspecified atom stereocenters. The summed E-state index contributed by atoms with van der Waals surface area (Å²) in [4.78, 5) is 14.8. The molecule has 2 fully saturated rings. The number of benzene rings is 1. The molecule has 1 aliphatic heterocycles. The molecule has 3 nitrogen and oxygen atoms in total. The maximum atomic E-state index is 12.7. The van der Waals surface area contributed by atoms with Crippen LogP contribution < -0.4 is 5.73 Å². The molecule has 2 bridgehead atoms. The van der Waals surface area contributed by atoms with E-state index < -0.39 is 0 Å². The van der Waals surface area contributed by atoms with E-state index in [2.05, 4.69) is 25.7 Å². The van der Waals surface area contributed by atoms with Gasteiger partial charge in [-0.3, -0.25) is 4.79 Å². The Bertz CT molecular complexity index is 549. The Morgan fingerprint density at radius 3 is 2.57 bits per heavy atom. The lowest BCUT2D eigenvalue weighted by atomic mass is 9.65. The smallest absolute Gasteiger partial charge is 0.227 e. The zero-order valence-corrected chi connectivity index (χ0v) is 13.4. The second-order valence-corrected chi connectivity index (χ2v) is 8.15. The first-order valence-corrected chi connectivity index (χ1v) is 7.90. The van der Waals surface area contributed by atoms with Crippen LogP contribution in [0.4, 0.5) is 5.69 Å². The zero-order chi connectivity index (χ0) is 15.3. The number of carbonyl (C=O) groups is 1. The van der Waals surface area contributed by atoms with Crippen LogP contribution in [0.25, 0.3) is 0 Å². The predicted molar refractivity (Wildman–Crippen MR) is 85.8 cm³/mol. The van der Waals surface area contributed by atoms with E-state index in [-0.39, 0.29) is 5.91 Å². The molecule has 2 aliphatic rings. The molecule has 1 saturated carbocycles. The van der Waals surface area contributed by atoms with Gasteiger partial charge < -0.3 is 10.6 Å². The topological polar surface area (TPSA) is 46.3 Å². The zero-order valence-electron chi connectivity index (χ0n) is 13.4. The van der Waals surface area contributed by atoms with Gasteiger partial charge in [0.15, 0.2) is 0 Å². The molecule has 1 aromatic rings. The Kier molecular flexibility index (Phi) is 3.27. The molecule has 21 heavy (non-hydrogen) atoms. The van der Waals surface area contributed by atoms with E-state index in [0.29, 0.717) is 23.3 Å². The predicted octanol–water partition coefficient (Wildman–Crippen LogP) is 3.24. The molecular weight excluding hydrogens is 260 g/mol. The van der Waals surface area contributed by atoms with Crippen LogP contribution in [0.5, 0.6) is 0 Å². The van der Waals surface area contributed by atoms with Gasteiger partial charge in [-0.25, -0.2) is 0 Å². The van der Waals surface area contributed by atoms with Crippen molar-refractivity contribution >= 4 is 11.6 Å². The van der Waals surface area contributed by atoms with E-state index in [1.807, 2.05) is 24.3 Å². The molecule has 0 radical (unpaired) electrons. The molecule has 2 atom stereocenters. The number of carbonyl (C=O) groups excluding carboxylic acids is 1. The molecule has 3 rings (SSSR count). The summed E-state index contributed by atoms with van der Waals surface area (Å²) < 4.78 is 0. The number of nitrogens with zero attached hydrogens (tertiary/aromatic N) is 1. The van der Waals surface area contributed by atoms with E-state index in [1.165, 1.54) is 12.8 Å². The number of fused-ring (bicyclic) bond motifs is 2. The summed E-state index contributed by atoms with van der Waals surface area (Å²) in [6, 6.07) is 8.09. The van der Waals surface area contributed by atoms with E-state index >= 15 is 0 Å². The molecule has 3 heteroatoms. The fourth-order valence-corrected chi connectivity index (χ4v) is 4.66. The van der Waals surface area contributed by atoms with Crippen molar-refractivity contribution in [2.75, 3.05) is 12.3 Å². The number of hydrogen-bond donors (Lipinski definition) is 1. The van der Waals surface area contributed by atoms with Crippen LogP contribution in [-0.2, 0) is 11.2 Å². The van der Waals surface area contributed by atoms with Crippen LogP contribution in [0.1, 0.15) is 45.6 Å². The van der Waals surface area contributed by atoms with Gasteiger partial charge in [-0.1, -0.05) is 32.9 Å². The number of rotatable bonds is 2. The summed E-state index contributed by atoms with van der Waals surface area (Å²) in [7, 11) is 0. The third-order valence-corrected chi connectivity index (χ3v) is 5.07. The van der Waals surface area contributed by atoms with Crippen LogP contribution in [0, 0.1) is 10.8 Å². The molecule has 1 amide bonds. The van der Waals surface area contributed by atoms with E-state index in [4.69, 9.17) is 5.73 Å². The lowest BCUT2D eigenvalue weighted by Crippen LogP contribution is -2.38. The van der Waals surface area contributed by atoms with Gasteiger partial charge >= 0.3 is 0 Å². The van der Waals surface area contributed by atoms with Crippen molar-refractivity contribution in [1.82, 2.24) is 4.90 Å². The lowest BCUT2D eigenvalue weighted by molar-refractivity contribution is -0.131. The second-order valence-electron chi connectivity index (χ2n) is 8.15. The lowest BCUT2D eigenvalue weighted by Gasteiger charge is -2.39. The van der Waals surface area contributed by atoms with E-state index in [9.17, 15) is 4.79 Å². The number of likely N-dealkylation sites (tertiary alicyclic amines) is 1. The Balaban J connectivity index is 1.73. The maximum Gasteiger partial charge on any atom is 0.227 e. The minimum absolute atomic E-state index is 0.270. The molecule has 0 spiro atoms. The van der Waals surface area contributed by atoms with Crippen molar-refractivity contribution in [3.05, 3.63) is 29.8 Å². The van der Waals surface area contributed by atoms with Gasteiger partial charge in [-0.15, -0.1) is 0 Å². The average molecular weight is 286 g/mol. The van der Waals surface area contributed by atoms with Gasteiger partial charge in [0.05, 0.1) is 6.42 Å². The number of hydrogen-bond acceptors (Lipinski definition) is 2. The highest BCUT2D eigenvalue weighted by molar-refractivity contribution is 5.79. The fourth-order valence-electron chi connectivity index (χ4n) is 4.66. The molecule has 0 aromatic heterocycles. The molecule has 2 N–H and O–H groups in total. The van der Waals surface area contributed by atoms with Crippen molar-refractivity contribution in [3.8, 4) is 0 Å². The summed E-state index contributed by atoms with van der Waals surface area (Å²) in [5, 5.41) is 0. The van der Waals surface area contributed by atoms with Crippen molar-refractivity contribution in [3.63, 3.8) is 0 Å². The Hall–Kier alpha value is -1.51. The Morgan fingerprint density at radius 1 is 1.24 bits per heavy atom. The third kappa shape index (κ3) is 2.92. The third-order valence-electron chi connectivity index (χ3n) is 5.07. The van der Waals surface area contributed by atoms with Crippen LogP contribution in [0.15, 0.2) is 24.3 Å². The average Bonchev–Trinajstić information content (AvgIpc) is 2.61. The molecule has 1 heterocycles. The standard InChI is InChI=1S/C18H26N2O/c1-17(2)9-15-10-18(3,11-17)12-20(15)16(21)8-13-4-6-14(19)7-5-13/h4-7,15H,8-12,19H2,1-3H3. The highest BCUT2D eigenvalue weighted by Crippen LogP contribution is 2.52. The van der Waals surface area contributed by atoms with Crippen molar-refractivity contribution < 1.29 is 4.79 Å². The van der Waals surface area contributed by atoms with Crippen molar-refractivity contribution in [2.45, 2.75) is 52.5 Å². The van der Waals surface area contributed by atoms with Crippen molar-refractivity contribution in [2.24, 2.45) is 10.8 Å². The van der Waals surface area contributed by atoms with Crippen LogP contribution >= 0.6 is 0 Å². The summed E-state index contributed by atoms with van der Waals surface area (Å²) in [6.45, 7) is 7.95. The second kappa shape index (κ2) is 4.75. The first-order chi connectivity index (χ1) is 9.76. The first kappa shape index (κ1) is 14.4. The molecule has 1 aromatic carbocycles. The number of anilines is 1. The summed E-state index contributed by atoms with van der Waals surface area (Å²) in [5.41, 5.74) is 8.17. The van der Waals surface area contributed by atoms with Gasteiger partial charge in [0.1, 0.15) is 0 Å². The van der Waals surface area contributed by atoms with Crippen LogP contribution in [0.2, 0.25) is 0 Å². The van der Waals surface area contributed by atoms with Gasteiger partial charge in [0.2, 0.25) is 5.91 Å². The number of amides is 1. The fraction of sp³-hybridized carbons (Fsp3) is 0.611. The van der Waals surface area contributed by atoms with Crippen molar-refractivity contribution in [1.29, 1.82) is 0 Å². The van der Waals surface area contributed by atoms with Gasteiger partial charge in [0, 0.05) is 18.3 Å². The minimum atomic E-state index is 0.270. The summed E-state index contributed by atoms with van der Waals surface area (Å²) in [6.07, 6.45) is 4.02. The SMILES string of the molecule is CC1(C)CC2CC(C)(CN2C(=O)Cc2ccc(N)cc2)C1. The highest BCUT2D eigenvalue weighted by Gasteiger charge is 2.50. The largest absolute Gasteiger partial charge is 0.399 e. The summed E-state index contributed by atoms with van der Waals surface area (Å²) in [5.74, 6) is 0.270. The highest BCUT2D eigenvalue weighted by atomic mass is 16.2.